The maximum absolute atomic E-state index is 6.23. The van der Waals surface area contributed by atoms with Gasteiger partial charge < -0.3 is 8.83 Å². The summed E-state index contributed by atoms with van der Waals surface area (Å²) in [6, 6.07) is 53.6. The van der Waals surface area contributed by atoms with E-state index in [0.29, 0.717) is 5.82 Å². The second-order valence-electron chi connectivity index (χ2n) is 12.4. The number of benzene rings is 6. The minimum atomic E-state index is 0.652. The van der Waals surface area contributed by atoms with Gasteiger partial charge in [-0.2, -0.15) is 0 Å². The quantitative estimate of drug-likeness (QED) is 0.187. The number of hydrogen-bond acceptors (Lipinski definition) is 5. The van der Waals surface area contributed by atoms with E-state index >= 15 is 0 Å². The van der Waals surface area contributed by atoms with E-state index in [1.54, 1.807) is 0 Å². The molecule has 0 amide bonds. The van der Waals surface area contributed by atoms with Gasteiger partial charge in [0.05, 0.1) is 17.1 Å². The molecule has 10 aromatic rings. The monoisotopic (exact) mass is 641 g/mol. The Balaban J connectivity index is 1.08. The summed E-state index contributed by atoms with van der Waals surface area (Å²) < 4.78 is 12.4. The molecule has 5 heteroatoms. The lowest BCUT2D eigenvalue weighted by atomic mass is 9.95. The van der Waals surface area contributed by atoms with E-state index in [1.165, 1.54) is 0 Å². The molecule has 5 nitrogen and oxygen atoms in total. The Labute approximate surface area is 287 Å². The molecule has 0 fully saturated rings. The highest BCUT2D eigenvalue weighted by Gasteiger charge is 2.17. The van der Waals surface area contributed by atoms with Crippen LogP contribution in [0.3, 0.4) is 0 Å². The molecule has 50 heavy (non-hydrogen) atoms. The molecule has 0 bridgehead atoms. The molecule has 6 aromatic carbocycles. The van der Waals surface area contributed by atoms with Crippen LogP contribution in [0.2, 0.25) is 0 Å². The Morgan fingerprint density at radius 2 is 1.00 bits per heavy atom. The van der Waals surface area contributed by atoms with Gasteiger partial charge in [0, 0.05) is 55.6 Å². The van der Waals surface area contributed by atoms with Crippen LogP contribution < -0.4 is 0 Å². The first-order valence-electron chi connectivity index (χ1n) is 16.6. The predicted molar refractivity (Wildman–Crippen MR) is 202 cm³/mol. The average Bonchev–Trinajstić information content (AvgIpc) is 3.76. The maximum atomic E-state index is 6.23. The highest BCUT2D eigenvalue weighted by molar-refractivity contribution is 6.13. The number of fused-ring (bicyclic) bond motifs is 6. The summed E-state index contributed by atoms with van der Waals surface area (Å²) >= 11 is 0. The Morgan fingerprint density at radius 3 is 1.84 bits per heavy atom. The first kappa shape index (κ1) is 28.2. The van der Waals surface area contributed by atoms with E-state index in [9.17, 15) is 0 Å². The van der Waals surface area contributed by atoms with Gasteiger partial charge in [-0.15, -0.1) is 0 Å². The number of furan rings is 2. The summed E-state index contributed by atoms with van der Waals surface area (Å²) in [5, 5.41) is 4.34. The molecule has 0 radical (unpaired) electrons. The molecule has 0 unspecified atom stereocenters. The normalized spacial score (nSPS) is 11.6. The molecule has 0 saturated heterocycles. The Bertz CT molecular complexity index is 2870. The minimum Gasteiger partial charge on any atom is -0.456 e. The lowest BCUT2D eigenvalue weighted by Gasteiger charge is -2.12. The van der Waals surface area contributed by atoms with Gasteiger partial charge in [-0.3, -0.25) is 4.98 Å². The van der Waals surface area contributed by atoms with Crippen LogP contribution in [-0.2, 0) is 0 Å². The molecule has 0 aliphatic rings. The molecule has 0 saturated carbocycles. The van der Waals surface area contributed by atoms with Crippen molar-refractivity contribution in [1.29, 1.82) is 0 Å². The number of rotatable bonds is 5. The summed E-state index contributed by atoms with van der Waals surface area (Å²) in [7, 11) is 0. The molecule has 4 heterocycles. The Hall–Kier alpha value is -6.85. The van der Waals surface area contributed by atoms with Crippen molar-refractivity contribution in [2.45, 2.75) is 0 Å². The zero-order chi connectivity index (χ0) is 33.0. The second kappa shape index (κ2) is 11.4. The topological polar surface area (TPSA) is 65.0 Å². The van der Waals surface area contributed by atoms with Crippen LogP contribution in [0, 0.1) is 0 Å². The Morgan fingerprint density at radius 1 is 0.380 bits per heavy atom. The summed E-state index contributed by atoms with van der Waals surface area (Å²) in [6.07, 6.45) is 1.85. The zero-order valence-corrected chi connectivity index (χ0v) is 26.7. The van der Waals surface area contributed by atoms with Crippen LogP contribution in [0.15, 0.2) is 173 Å². The second-order valence-corrected chi connectivity index (χ2v) is 12.4. The van der Waals surface area contributed by atoms with E-state index in [-0.39, 0.29) is 0 Å². The van der Waals surface area contributed by atoms with Crippen molar-refractivity contribution < 1.29 is 8.83 Å². The molecule has 234 valence electrons. The first-order valence-corrected chi connectivity index (χ1v) is 16.6. The van der Waals surface area contributed by atoms with Crippen LogP contribution in [0.1, 0.15) is 0 Å². The fraction of sp³-hybridized carbons (Fsp3) is 0. The van der Waals surface area contributed by atoms with Crippen molar-refractivity contribution in [1.82, 2.24) is 15.0 Å². The molecule has 10 rings (SSSR count). The SMILES string of the molecule is c1ccc(-c2cc(-c3ccc4c(c3)oc3ccccc34)nc(-c3ccc(-c4cccnc4-c4cccc5oc6ccccc6c45)cc3)n2)cc1. The summed E-state index contributed by atoms with van der Waals surface area (Å²) in [5.74, 6) is 0.652. The highest BCUT2D eigenvalue weighted by Crippen LogP contribution is 2.40. The van der Waals surface area contributed by atoms with Crippen LogP contribution in [0.5, 0.6) is 0 Å². The van der Waals surface area contributed by atoms with Crippen molar-refractivity contribution in [2.24, 2.45) is 0 Å². The van der Waals surface area contributed by atoms with Gasteiger partial charge >= 0.3 is 0 Å². The van der Waals surface area contributed by atoms with E-state index in [4.69, 9.17) is 23.8 Å². The highest BCUT2D eigenvalue weighted by atomic mass is 16.3. The van der Waals surface area contributed by atoms with E-state index in [0.717, 1.165) is 94.3 Å². The summed E-state index contributed by atoms with van der Waals surface area (Å²) in [6.45, 7) is 0. The molecule has 0 aliphatic carbocycles. The van der Waals surface area contributed by atoms with Crippen LogP contribution >= 0.6 is 0 Å². The third kappa shape index (κ3) is 4.67. The molecular weight excluding hydrogens is 615 g/mol. The molecule has 0 spiro atoms. The minimum absolute atomic E-state index is 0.652. The number of pyridine rings is 1. The molecular formula is C45H27N3O2. The molecule has 0 atom stereocenters. The van der Waals surface area contributed by atoms with Crippen molar-refractivity contribution in [3.63, 3.8) is 0 Å². The van der Waals surface area contributed by atoms with E-state index in [1.807, 2.05) is 79.0 Å². The summed E-state index contributed by atoms with van der Waals surface area (Å²) in [5.41, 5.74) is 12.1. The van der Waals surface area contributed by atoms with Crippen molar-refractivity contribution in [3.8, 4) is 56.3 Å². The maximum Gasteiger partial charge on any atom is 0.160 e. The fourth-order valence-corrected chi connectivity index (χ4v) is 6.99. The number of nitrogens with zero attached hydrogens (tertiary/aromatic N) is 3. The smallest absolute Gasteiger partial charge is 0.160 e. The lowest BCUT2D eigenvalue weighted by Crippen LogP contribution is -1.96. The van der Waals surface area contributed by atoms with E-state index < -0.39 is 0 Å². The number of hydrogen-bond donors (Lipinski definition) is 0. The van der Waals surface area contributed by atoms with Crippen molar-refractivity contribution in [3.05, 3.63) is 164 Å². The largest absolute Gasteiger partial charge is 0.456 e. The molecule has 0 aliphatic heterocycles. The Kier molecular flexibility index (Phi) is 6.42. The van der Waals surface area contributed by atoms with Crippen molar-refractivity contribution in [2.75, 3.05) is 0 Å². The fourth-order valence-electron chi connectivity index (χ4n) is 6.99. The summed E-state index contributed by atoms with van der Waals surface area (Å²) in [4.78, 5) is 15.1. The third-order valence-corrected chi connectivity index (χ3v) is 9.39. The van der Waals surface area contributed by atoms with E-state index in [2.05, 4.69) is 84.9 Å². The van der Waals surface area contributed by atoms with Gasteiger partial charge in [-0.1, -0.05) is 115 Å². The van der Waals surface area contributed by atoms with Crippen LogP contribution in [0.25, 0.3) is 100 Å². The predicted octanol–water partition coefficient (Wildman–Crippen LogP) is 12.0. The molecule has 4 aromatic heterocycles. The van der Waals surface area contributed by atoms with Crippen LogP contribution in [-0.4, -0.2) is 15.0 Å². The standard InChI is InChI=1S/C45H27N3O2/c1-2-10-29(11-3-1)37-27-38(31-23-24-34-33-12-4-6-16-39(33)50-42(34)26-31)48-45(47-37)30-21-19-28(20-22-30)32-15-9-25-46-44(32)36-14-8-18-41-43(36)35-13-5-7-17-40(35)49-41/h1-27H. The number of aromatic nitrogens is 3. The number of para-hydroxylation sites is 2. The lowest BCUT2D eigenvalue weighted by molar-refractivity contribution is 0.668. The van der Waals surface area contributed by atoms with Gasteiger partial charge in [-0.25, -0.2) is 9.97 Å². The van der Waals surface area contributed by atoms with Gasteiger partial charge in [0.15, 0.2) is 5.82 Å². The molecule has 0 N–H and O–H groups in total. The zero-order valence-electron chi connectivity index (χ0n) is 26.7. The van der Waals surface area contributed by atoms with Crippen molar-refractivity contribution >= 4 is 43.9 Å². The average molecular weight is 642 g/mol. The van der Waals surface area contributed by atoms with Gasteiger partial charge in [-0.05, 0) is 48.0 Å². The van der Waals surface area contributed by atoms with Crippen LogP contribution in [0.4, 0.5) is 0 Å². The van der Waals surface area contributed by atoms with Gasteiger partial charge in [0.25, 0.3) is 0 Å². The van der Waals surface area contributed by atoms with Gasteiger partial charge in [0.2, 0.25) is 0 Å². The van der Waals surface area contributed by atoms with Gasteiger partial charge in [0.1, 0.15) is 22.3 Å². The third-order valence-electron chi connectivity index (χ3n) is 9.39. The first-order chi connectivity index (χ1) is 24.8.